The number of rotatable bonds is 6. The molecule has 1 atom stereocenters. The molecule has 5 nitrogen and oxygen atoms in total. The van der Waals surface area contributed by atoms with Gasteiger partial charge in [-0.2, -0.15) is 0 Å². The number of carbonyl (C=O) groups is 1. The first-order valence-corrected chi connectivity index (χ1v) is 9.27. The number of methoxy groups -OCH3 is 3. The molecule has 1 heterocycles. The Bertz CT molecular complexity index is 768. The van der Waals surface area contributed by atoms with E-state index in [0.717, 1.165) is 48.7 Å². The molecule has 0 aromatic heterocycles. The largest absolute Gasteiger partial charge is 0.497 e. The van der Waals surface area contributed by atoms with Gasteiger partial charge in [-0.1, -0.05) is 24.3 Å². The normalized spacial score (nSPS) is 15.9. The van der Waals surface area contributed by atoms with Crippen molar-refractivity contribution in [2.45, 2.75) is 18.8 Å². The van der Waals surface area contributed by atoms with Crippen LogP contribution in [0.25, 0.3) is 0 Å². The molecule has 1 unspecified atom stereocenters. The van der Waals surface area contributed by atoms with Gasteiger partial charge in [0, 0.05) is 13.1 Å². The van der Waals surface area contributed by atoms with E-state index < -0.39 is 0 Å². The highest BCUT2D eigenvalue weighted by molar-refractivity contribution is 5.78. The molecule has 1 aliphatic heterocycles. The number of nitrogens with zero attached hydrogens (tertiary/aromatic N) is 1. The number of para-hydroxylation sites is 2. The van der Waals surface area contributed by atoms with E-state index in [-0.39, 0.29) is 17.8 Å². The Morgan fingerprint density at radius 2 is 1.74 bits per heavy atom. The monoisotopic (exact) mass is 369 g/mol. The number of hydrogen-bond acceptors (Lipinski definition) is 5. The van der Waals surface area contributed by atoms with E-state index in [1.807, 2.05) is 42.5 Å². The third-order valence-electron chi connectivity index (χ3n) is 5.34. The lowest BCUT2D eigenvalue weighted by atomic mass is 9.80. The Labute approximate surface area is 160 Å². The molecule has 0 N–H and O–H groups in total. The second kappa shape index (κ2) is 8.80. The van der Waals surface area contributed by atoms with Gasteiger partial charge in [-0.05, 0) is 48.6 Å². The van der Waals surface area contributed by atoms with Gasteiger partial charge < -0.3 is 19.1 Å². The zero-order chi connectivity index (χ0) is 19.2. The number of anilines is 1. The van der Waals surface area contributed by atoms with Crippen molar-refractivity contribution in [3.63, 3.8) is 0 Å². The number of hydrogen-bond donors (Lipinski definition) is 0. The molecule has 0 saturated carbocycles. The van der Waals surface area contributed by atoms with Crippen LogP contribution in [0.3, 0.4) is 0 Å². The molecule has 1 aliphatic rings. The third-order valence-corrected chi connectivity index (χ3v) is 5.34. The molecule has 3 rings (SSSR count). The molecule has 5 heteroatoms. The summed E-state index contributed by atoms with van der Waals surface area (Å²) in [6.07, 6.45) is 1.82. The maximum absolute atomic E-state index is 12.6. The number of piperidine rings is 1. The number of esters is 1. The lowest BCUT2D eigenvalue weighted by molar-refractivity contribution is -0.144. The van der Waals surface area contributed by atoms with Crippen molar-refractivity contribution >= 4 is 11.7 Å². The van der Waals surface area contributed by atoms with Gasteiger partial charge >= 0.3 is 5.97 Å². The van der Waals surface area contributed by atoms with Gasteiger partial charge in [0.15, 0.2) is 0 Å². The lowest BCUT2D eigenvalue weighted by Crippen LogP contribution is -2.37. The fourth-order valence-corrected chi connectivity index (χ4v) is 3.93. The summed E-state index contributed by atoms with van der Waals surface area (Å²) >= 11 is 0. The lowest BCUT2D eigenvalue weighted by Gasteiger charge is -2.37. The standard InChI is InChI=1S/C22H27NO4/c1-25-18-8-6-7-17(15-18)21(22(24)27-3)16-11-13-23(14-12-16)19-9-4-5-10-20(19)26-2/h4-10,15-16,21H,11-14H2,1-3H3. The minimum absolute atomic E-state index is 0.181. The highest BCUT2D eigenvalue weighted by Crippen LogP contribution is 2.38. The summed E-state index contributed by atoms with van der Waals surface area (Å²) in [7, 11) is 4.79. The van der Waals surface area contributed by atoms with Gasteiger partial charge in [0.05, 0.1) is 32.9 Å². The van der Waals surface area contributed by atoms with Crippen LogP contribution in [0.2, 0.25) is 0 Å². The van der Waals surface area contributed by atoms with E-state index >= 15 is 0 Å². The Kier molecular flexibility index (Phi) is 6.22. The van der Waals surface area contributed by atoms with Crippen molar-refractivity contribution in [1.82, 2.24) is 0 Å². The summed E-state index contributed by atoms with van der Waals surface area (Å²) < 4.78 is 16.0. The summed E-state index contributed by atoms with van der Waals surface area (Å²) in [6.45, 7) is 1.75. The van der Waals surface area contributed by atoms with Crippen LogP contribution in [0.15, 0.2) is 48.5 Å². The molecule has 27 heavy (non-hydrogen) atoms. The molecule has 0 aliphatic carbocycles. The molecule has 0 spiro atoms. The van der Waals surface area contributed by atoms with Crippen LogP contribution in [0.5, 0.6) is 11.5 Å². The van der Waals surface area contributed by atoms with E-state index in [4.69, 9.17) is 14.2 Å². The SMILES string of the molecule is COC(=O)C(c1cccc(OC)c1)C1CCN(c2ccccc2OC)CC1. The van der Waals surface area contributed by atoms with Crippen molar-refractivity contribution in [3.8, 4) is 11.5 Å². The number of carbonyl (C=O) groups excluding carboxylic acids is 1. The van der Waals surface area contributed by atoms with Crippen molar-refractivity contribution in [2.24, 2.45) is 5.92 Å². The van der Waals surface area contributed by atoms with Gasteiger partial charge in [-0.3, -0.25) is 4.79 Å². The summed E-state index contributed by atoms with van der Waals surface area (Å²) in [4.78, 5) is 14.9. The molecule has 0 amide bonds. The molecule has 1 fully saturated rings. The maximum atomic E-state index is 12.6. The van der Waals surface area contributed by atoms with E-state index in [1.54, 1.807) is 14.2 Å². The van der Waals surface area contributed by atoms with E-state index in [0.29, 0.717) is 0 Å². The predicted molar refractivity (Wildman–Crippen MR) is 106 cm³/mol. The average molecular weight is 369 g/mol. The van der Waals surface area contributed by atoms with E-state index in [2.05, 4.69) is 11.0 Å². The Hall–Kier alpha value is -2.69. The first kappa shape index (κ1) is 19.1. The van der Waals surface area contributed by atoms with Crippen molar-refractivity contribution in [2.75, 3.05) is 39.3 Å². The zero-order valence-electron chi connectivity index (χ0n) is 16.2. The maximum Gasteiger partial charge on any atom is 0.313 e. The Morgan fingerprint density at radius 3 is 2.41 bits per heavy atom. The molecular weight excluding hydrogens is 342 g/mol. The molecule has 0 radical (unpaired) electrons. The Morgan fingerprint density at radius 1 is 1.00 bits per heavy atom. The molecular formula is C22H27NO4. The second-order valence-electron chi connectivity index (χ2n) is 6.77. The van der Waals surface area contributed by atoms with E-state index in [9.17, 15) is 4.79 Å². The molecule has 1 saturated heterocycles. The van der Waals surface area contributed by atoms with Crippen LogP contribution in [0.1, 0.15) is 24.3 Å². The van der Waals surface area contributed by atoms with Crippen LogP contribution in [-0.2, 0) is 9.53 Å². The van der Waals surface area contributed by atoms with Gasteiger partial charge in [0.25, 0.3) is 0 Å². The first-order valence-electron chi connectivity index (χ1n) is 9.27. The minimum atomic E-state index is -0.273. The summed E-state index contributed by atoms with van der Waals surface area (Å²) in [6, 6.07) is 15.8. The van der Waals surface area contributed by atoms with Crippen molar-refractivity contribution < 1.29 is 19.0 Å². The first-order chi connectivity index (χ1) is 13.2. The fraction of sp³-hybridized carbons (Fsp3) is 0.409. The van der Waals surface area contributed by atoms with Crippen molar-refractivity contribution in [1.29, 1.82) is 0 Å². The second-order valence-corrected chi connectivity index (χ2v) is 6.77. The van der Waals surface area contributed by atoms with Crippen LogP contribution in [0, 0.1) is 5.92 Å². The smallest absolute Gasteiger partial charge is 0.313 e. The molecule has 0 bridgehead atoms. The van der Waals surface area contributed by atoms with Crippen LogP contribution in [0.4, 0.5) is 5.69 Å². The highest BCUT2D eigenvalue weighted by Gasteiger charge is 2.34. The van der Waals surface area contributed by atoms with Gasteiger partial charge in [0.1, 0.15) is 11.5 Å². The fourth-order valence-electron chi connectivity index (χ4n) is 3.93. The van der Waals surface area contributed by atoms with Gasteiger partial charge in [-0.15, -0.1) is 0 Å². The minimum Gasteiger partial charge on any atom is -0.497 e. The summed E-state index contributed by atoms with van der Waals surface area (Å²) in [5.74, 6) is 1.42. The number of ether oxygens (including phenoxy) is 3. The zero-order valence-corrected chi connectivity index (χ0v) is 16.2. The predicted octanol–water partition coefficient (Wildman–Crippen LogP) is 3.88. The van der Waals surface area contributed by atoms with Crippen LogP contribution in [-0.4, -0.2) is 40.4 Å². The quantitative estimate of drug-likeness (QED) is 0.723. The van der Waals surface area contributed by atoms with Gasteiger partial charge in [0.2, 0.25) is 0 Å². The van der Waals surface area contributed by atoms with Crippen LogP contribution < -0.4 is 14.4 Å². The summed E-state index contributed by atoms with van der Waals surface area (Å²) in [5.41, 5.74) is 2.06. The van der Waals surface area contributed by atoms with Crippen LogP contribution >= 0.6 is 0 Å². The number of benzene rings is 2. The Balaban J connectivity index is 1.77. The third kappa shape index (κ3) is 4.18. The van der Waals surface area contributed by atoms with Crippen molar-refractivity contribution in [3.05, 3.63) is 54.1 Å². The van der Waals surface area contributed by atoms with Gasteiger partial charge in [-0.25, -0.2) is 0 Å². The highest BCUT2D eigenvalue weighted by atomic mass is 16.5. The summed E-state index contributed by atoms with van der Waals surface area (Å²) in [5, 5.41) is 0. The topological polar surface area (TPSA) is 48.0 Å². The van der Waals surface area contributed by atoms with E-state index in [1.165, 1.54) is 7.11 Å². The molecule has 2 aromatic rings. The molecule has 2 aromatic carbocycles. The average Bonchev–Trinajstić information content (AvgIpc) is 2.74. The molecule has 144 valence electrons.